The first-order valence-electron chi connectivity index (χ1n) is 11.6. The number of carbonyl (C=O) groups is 2. The van der Waals surface area contributed by atoms with Gasteiger partial charge in [0.25, 0.3) is 0 Å². The minimum atomic E-state index is -0.718. The molecule has 0 fully saturated rings. The van der Waals surface area contributed by atoms with Gasteiger partial charge in [0.2, 0.25) is 5.91 Å². The average molecular weight is 548 g/mol. The standard InChI is InChI=1S/C29H23ClFN3O3S/c1-18-26(29(36)37-16-19-5-3-2-4-6-19)27(20-7-9-21(30)10-8-20)24(15-32)28(33-18)38-17-25(35)34-23-13-11-22(31)12-14-23/h2-14,27,33H,16-17H2,1H3,(H,34,35). The Morgan fingerprint density at radius 3 is 2.42 bits per heavy atom. The van der Waals surface area contributed by atoms with Crippen molar-refractivity contribution in [3.63, 3.8) is 0 Å². The normalized spacial score (nSPS) is 14.9. The van der Waals surface area contributed by atoms with Crippen LogP contribution in [0.3, 0.4) is 0 Å². The van der Waals surface area contributed by atoms with Gasteiger partial charge >= 0.3 is 5.97 Å². The topological polar surface area (TPSA) is 91.2 Å². The Morgan fingerprint density at radius 1 is 1.08 bits per heavy atom. The molecule has 0 aliphatic carbocycles. The number of esters is 1. The van der Waals surface area contributed by atoms with Gasteiger partial charge < -0.3 is 15.4 Å². The molecule has 0 radical (unpaired) electrons. The van der Waals surface area contributed by atoms with Crippen molar-refractivity contribution in [1.82, 2.24) is 5.32 Å². The van der Waals surface area contributed by atoms with Gasteiger partial charge in [-0.2, -0.15) is 5.26 Å². The number of hydrogen-bond donors (Lipinski definition) is 2. The zero-order chi connectivity index (χ0) is 27.1. The number of rotatable bonds is 8. The molecule has 9 heteroatoms. The van der Waals surface area contributed by atoms with E-state index in [1.807, 2.05) is 30.3 Å². The highest BCUT2D eigenvalue weighted by atomic mass is 35.5. The third-order valence-corrected chi connectivity index (χ3v) is 7.03. The van der Waals surface area contributed by atoms with Crippen LogP contribution in [0.1, 0.15) is 24.0 Å². The van der Waals surface area contributed by atoms with E-state index in [4.69, 9.17) is 16.3 Å². The molecule has 0 bridgehead atoms. The van der Waals surface area contributed by atoms with Gasteiger partial charge in [0.1, 0.15) is 12.4 Å². The van der Waals surface area contributed by atoms with Crippen molar-refractivity contribution in [2.75, 3.05) is 11.1 Å². The van der Waals surface area contributed by atoms with Gasteiger partial charge in [0.05, 0.1) is 33.9 Å². The lowest BCUT2D eigenvalue weighted by molar-refractivity contribution is -0.140. The highest BCUT2D eigenvalue weighted by Crippen LogP contribution is 2.41. The molecule has 1 unspecified atom stereocenters. The number of nitrogens with zero attached hydrogens (tertiary/aromatic N) is 1. The molecule has 3 aromatic rings. The van der Waals surface area contributed by atoms with Crippen LogP contribution in [0.5, 0.6) is 0 Å². The summed E-state index contributed by atoms with van der Waals surface area (Å²) < 4.78 is 18.8. The van der Waals surface area contributed by atoms with Crippen molar-refractivity contribution in [3.05, 3.63) is 123 Å². The predicted molar refractivity (Wildman–Crippen MR) is 146 cm³/mol. The Balaban J connectivity index is 1.58. The van der Waals surface area contributed by atoms with E-state index >= 15 is 0 Å². The molecular weight excluding hydrogens is 525 g/mol. The predicted octanol–water partition coefficient (Wildman–Crippen LogP) is 6.29. The fourth-order valence-corrected chi connectivity index (χ4v) is 4.97. The summed E-state index contributed by atoms with van der Waals surface area (Å²) >= 11 is 7.23. The number of halogens is 2. The number of benzene rings is 3. The van der Waals surface area contributed by atoms with E-state index in [1.54, 1.807) is 31.2 Å². The van der Waals surface area contributed by atoms with Crippen LogP contribution < -0.4 is 10.6 Å². The van der Waals surface area contributed by atoms with Gasteiger partial charge in [0, 0.05) is 16.4 Å². The fourth-order valence-electron chi connectivity index (χ4n) is 3.95. The molecule has 3 aromatic carbocycles. The summed E-state index contributed by atoms with van der Waals surface area (Å²) in [5.41, 5.74) is 3.09. The van der Waals surface area contributed by atoms with Crippen LogP contribution in [0, 0.1) is 17.1 Å². The number of ether oxygens (including phenoxy) is 1. The highest BCUT2D eigenvalue weighted by Gasteiger charge is 2.35. The van der Waals surface area contributed by atoms with Crippen molar-refractivity contribution in [3.8, 4) is 6.07 Å². The largest absolute Gasteiger partial charge is 0.457 e. The Hall–Kier alpha value is -4.06. The summed E-state index contributed by atoms with van der Waals surface area (Å²) in [7, 11) is 0. The lowest BCUT2D eigenvalue weighted by atomic mass is 9.82. The molecule has 1 atom stereocenters. The molecule has 192 valence electrons. The van der Waals surface area contributed by atoms with Crippen LogP contribution >= 0.6 is 23.4 Å². The molecule has 1 aliphatic rings. The maximum absolute atomic E-state index is 13.3. The number of amides is 1. The number of thioether (sulfide) groups is 1. The summed E-state index contributed by atoms with van der Waals surface area (Å²) in [4.78, 5) is 25.9. The number of allylic oxidation sites excluding steroid dienone is 2. The number of anilines is 1. The van der Waals surface area contributed by atoms with Crippen LogP contribution in [0.25, 0.3) is 0 Å². The number of nitriles is 1. The average Bonchev–Trinajstić information content (AvgIpc) is 2.92. The van der Waals surface area contributed by atoms with Gasteiger partial charge in [-0.25, -0.2) is 9.18 Å². The number of dihydropyridines is 1. The molecule has 6 nitrogen and oxygen atoms in total. The second-order valence-corrected chi connectivity index (χ2v) is 9.83. The molecule has 1 heterocycles. The summed E-state index contributed by atoms with van der Waals surface area (Å²) in [5, 5.41) is 17.0. The highest BCUT2D eigenvalue weighted by molar-refractivity contribution is 8.03. The number of hydrogen-bond acceptors (Lipinski definition) is 6. The van der Waals surface area contributed by atoms with E-state index in [-0.39, 0.29) is 23.8 Å². The van der Waals surface area contributed by atoms with Crippen molar-refractivity contribution in [2.45, 2.75) is 19.4 Å². The maximum atomic E-state index is 13.3. The number of carbonyl (C=O) groups excluding carboxylic acids is 2. The SMILES string of the molecule is CC1=C(C(=O)OCc2ccccc2)C(c2ccc(Cl)cc2)C(C#N)=C(SCC(=O)Nc2ccc(F)cc2)N1. The van der Waals surface area contributed by atoms with E-state index in [0.717, 1.165) is 17.3 Å². The second kappa shape index (κ2) is 12.5. The van der Waals surface area contributed by atoms with Crippen LogP contribution in [0.2, 0.25) is 5.02 Å². The van der Waals surface area contributed by atoms with E-state index in [2.05, 4.69) is 16.7 Å². The van der Waals surface area contributed by atoms with Crippen LogP contribution in [-0.2, 0) is 20.9 Å². The Morgan fingerprint density at radius 2 is 1.76 bits per heavy atom. The van der Waals surface area contributed by atoms with Gasteiger partial charge in [-0.05, 0) is 54.4 Å². The molecule has 0 aromatic heterocycles. The van der Waals surface area contributed by atoms with Gasteiger partial charge in [0.15, 0.2) is 0 Å². The van der Waals surface area contributed by atoms with Crippen molar-refractivity contribution in [1.29, 1.82) is 5.26 Å². The zero-order valence-electron chi connectivity index (χ0n) is 20.3. The van der Waals surface area contributed by atoms with E-state index < -0.39 is 17.7 Å². The van der Waals surface area contributed by atoms with Crippen LogP contribution in [0.4, 0.5) is 10.1 Å². The fraction of sp³-hybridized carbons (Fsp3) is 0.138. The molecule has 2 N–H and O–H groups in total. The third-order valence-electron chi connectivity index (χ3n) is 5.76. The minimum absolute atomic E-state index is 0.0146. The van der Waals surface area contributed by atoms with Crippen molar-refractivity contribution in [2.24, 2.45) is 0 Å². The quantitative estimate of drug-likeness (QED) is 0.322. The van der Waals surface area contributed by atoms with E-state index in [9.17, 15) is 19.2 Å². The molecule has 4 rings (SSSR count). The van der Waals surface area contributed by atoms with Gasteiger partial charge in [-0.3, -0.25) is 4.79 Å². The summed E-state index contributed by atoms with van der Waals surface area (Å²) in [6.45, 7) is 1.82. The molecule has 1 aliphatic heterocycles. The lowest BCUT2D eigenvalue weighted by Crippen LogP contribution is -2.29. The minimum Gasteiger partial charge on any atom is -0.457 e. The zero-order valence-corrected chi connectivity index (χ0v) is 21.9. The first kappa shape index (κ1) is 27.0. The smallest absolute Gasteiger partial charge is 0.337 e. The Kier molecular flexibility index (Phi) is 8.85. The van der Waals surface area contributed by atoms with Crippen molar-refractivity contribution >= 4 is 40.9 Å². The third kappa shape index (κ3) is 6.62. The molecule has 38 heavy (non-hydrogen) atoms. The van der Waals surface area contributed by atoms with Crippen LogP contribution in [-0.4, -0.2) is 17.6 Å². The Labute approximate surface area is 229 Å². The van der Waals surface area contributed by atoms with Crippen LogP contribution in [0.15, 0.2) is 101 Å². The second-order valence-electron chi connectivity index (χ2n) is 8.41. The summed E-state index contributed by atoms with van der Waals surface area (Å²) in [5.74, 6) is -2.01. The molecule has 0 saturated heterocycles. The summed E-state index contributed by atoms with van der Waals surface area (Å²) in [6.07, 6.45) is 0. The summed E-state index contributed by atoms with van der Waals surface area (Å²) in [6, 6.07) is 23.9. The Bertz CT molecular complexity index is 1430. The number of nitrogens with one attached hydrogen (secondary N) is 2. The maximum Gasteiger partial charge on any atom is 0.337 e. The monoisotopic (exact) mass is 547 g/mol. The molecular formula is C29H23ClFN3O3S. The van der Waals surface area contributed by atoms with E-state index in [1.165, 1.54) is 24.3 Å². The van der Waals surface area contributed by atoms with Gasteiger partial charge in [-0.1, -0.05) is 65.8 Å². The first-order valence-corrected chi connectivity index (χ1v) is 13.0. The first-order chi connectivity index (χ1) is 18.4. The lowest BCUT2D eigenvalue weighted by Gasteiger charge is -2.29. The molecule has 0 saturated carbocycles. The van der Waals surface area contributed by atoms with Crippen molar-refractivity contribution < 1.29 is 18.7 Å². The molecule has 1 amide bonds. The molecule has 0 spiro atoms. The van der Waals surface area contributed by atoms with E-state index in [0.29, 0.717) is 32.6 Å². The van der Waals surface area contributed by atoms with Gasteiger partial charge in [-0.15, -0.1) is 0 Å².